The lowest BCUT2D eigenvalue weighted by molar-refractivity contribution is -0.123. The Morgan fingerprint density at radius 1 is 1.27 bits per heavy atom. The van der Waals surface area contributed by atoms with E-state index in [-0.39, 0.29) is 23.4 Å². The zero-order chi connectivity index (χ0) is 16.1. The van der Waals surface area contributed by atoms with Crippen LogP contribution in [0.3, 0.4) is 0 Å². The predicted molar refractivity (Wildman–Crippen MR) is 82.7 cm³/mol. The molecule has 2 amide bonds. The molecule has 1 saturated heterocycles. The van der Waals surface area contributed by atoms with Crippen LogP contribution in [0.1, 0.15) is 24.2 Å². The summed E-state index contributed by atoms with van der Waals surface area (Å²) in [7, 11) is 0. The van der Waals surface area contributed by atoms with Crippen LogP contribution in [0.25, 0.3) is 0 Å². The van der Waals surface area contributed by atoms with E-state index in [2.05, 4.69) is 10.3 Å². The highest BCUT2D eigenvalue weighted by Crippen LogP contribution is 2.07. The number of carbonyl (C=O) groups excluding carboxylic acids is 2. The fraction of sp³-hybridized carbons (Fsp3) is 0.533. The van der Waals surface area contributed by atoms with Crippen LogP contribution < -0.4 is 10.9 Å². The first-order chi connectivity index (χ1) is 10.5. The molecule has 0 aliphatic carbocycles. The number of piperazine rings is 1. The lowest BCUT2D eigenvalue weighted by atomic mass is 10.2. The number of hydrogen-bond acceptors (Lipinski definition) is 4. The van der Waals surface area contributed by atoms with Crippen molar-refractivity contribution < 1.29 is 9.59 Å². The van der Waals surface area contributed by atoms with E-state index >= 15 is 0 Å². The fourth-order valence-corrected chi connectivity index (χ4v) is 2.44. The molecule has 0 aromatic carbocycles. The van der Waals surface area contributed by atoms with Crippen molar-refractivity contribution in [1.82, 2.24) is 20.1 Å². The van der Waals surface area contributed by atoms with Crippen molar-refractivity contribution in [2.24, 2.45) is 0 Å². The number of H-pyrrole nitrogens is 1. The Morgan fingerprint density at radius 2 is 1.95 bits per heavy atom. The van der Waals surface area contributed by atoms with Crippen LogP contribution in [0, 0.1) is 0 Å². The van der Waals surface area contributed by atoms with Crippen molar-refractivity contribution in [3.8, 4) is 0 Å². The zero-order valence-electron chi connectivity index (χ0n) is 13.0. The van der Waals surface area contributed by atoms with Crippen LogP contribution in [0.4, 0.5) is 0 Å². The molecule has 1 fully saturated rings. The summed E-state index contributed by atoms with van der Waals surface area (Å²) in [4.78, 5) is 41.5. The number of aromatic nitrogens is 1. The minimum Gasteiger partial charge on any atom is -0.353 e. The molecule has 0 saturated carbocycles. The minimum atomic E-state index is -0.283. The lowest BCUT2D eigenvalue weighted by Crippen LogP contribution is -2.51. The first-order valence-corrected chi connectivity index (χ1v) is 7.45. The van der Waals surface area contributed by atoms with E-state index in [0.717, 1.165) is 0 Å². The topological polar surface area (TPSA) is 85.5 Å². The number of aromatic amines is 1. The molecule has 0 bridgehead atoms. The number of pyridine rings is 1. The van der Waals surface area contributed by atoms with Gasteiger partial charge in [0.15, 0.2) is 0 Å². The third kappa shape index (κ3) is 4.42. The van der Waals surface area contributed by atoms with Gasteiger partial charge in [-0.15, -0.1) is 0 Å². The summed E-state index contributed by atoms with van der Waals surface area (Å²) >= 11 is 0. The van der Waals surface area contributed by atoms with Gasteiger partial charge in [0.05, 0.1) is 6.54 Å². The van der Waals surface area contributed by atoms with Crippen LogP contribution in [0.5, 0.6) is 0 Å². The van der Waals surface area contributed by atoms with Gasteiger partial charge >= 0.3 is 0 Å². The molecule has 0 spiro atoms. The van der Waals surface area contributed by atoms with E-state index in [1.54, 1.807) is 11.0 Å². The summed E-state index contributed by atoms with van der Waals surface area (Å²) in [5, 5.41) is 2.86. The summed E-state index contributed by atoms with van der Waals surface area (Å²) in [5.41, 5.74) is 0.115. The molecule has 2 rings (SSSR count). The highest BCUT2D eigenvalue weighted by atomic mass is 16.2. The van der Waals surface area contributed by atoms with Gasteiger partial charge in [0.2, 0.25) is 11.5 Å². The molecule has 1 aromatic rings. The van der Waals surface area contributed by atoms with Crippen LogP contribution in [0.15, 0.2) is 23.1 Å². The molecule has 1 aliphatic rings. The molecule has 2 heterocycles. The summed E-state index contributed by atoms with van der Waals surface area (Å²) < 4.78 is 0. The van der Waals surface area contributed by atoms with Crippen LogP contribution in [0.2, 0.25) is 0 Å². The second-order valence-corrected chi connectivity index (χ2v) is 5.73. The fourth-order valence-electron chi connectivity index (χ4n) is 2.44. The van der Waals surface area contributed by atoms with Gasteiger partial charge in [-0.3, -0.25) is 19.3 Å². The Balaban J connectivity index is 1.85. The molecule has 22 heavy (non-hydrogen) atoms. The molecule has 0 radical (unpaired) electrons. The van der Waals surface area contributed by atoms with Crippen molar-refractivity contribution in [3.63, 3.8) is 0 Å². The number of nitrogens with zero attached hydrogens (tertiary/aromatic N) is 2. The Hall–Kier alpha value is -2.15. The maximum Gasteiger partial charge on any atom is 0.254 e. The van der Waals surface area contributed by atoms with Gasteiger partial charge in [-0.1, -0.05) is 0 Å². The second-order valence-electron chi connectivity index (χ2n) is 5.73. The first-order valence-electron chi connectivity index (χ1n) is 7.45. The predicted octanol–water partition coefficient (Wildman–Crippen LogP) is -0.343. The van der Waals surface area contributed by atoms with Crippen molar-refractivity contribution >= 4 is 11.8 Å². The number of rotatable bonds is 4. The van der Waals surface area contributed by atoms with E-state index in [0.29, 0.717) is 38.3 Å². The van der Waals surface area contributed by atoms with Crippen molar-refractivity contribution in [1.29, 1.82) is 0 Å². The Kier molecular flexibility index (Phi) is 5.32. The molecule has 7 nitrogen and oxygen atoms in total. The summed E-state index contributed by atoms with van der Waals surface area (Å²) in [6.07, 6.45) is 1.47. The van der Waals surface area contributed by atoms with Crippen LogP contribution >= 0.6 is 0 Å². The van der Waals surface area contributed by atoms with Crippen molar-refractivity contribution in [2.75, 3.05) is 32.7 Å². The van der Waals surface area contributed by atoms with E-state index < -0.39 is 0 Å². The molecule has 0 unspecified atom stereocenters. The third-order valence-electron chi connectivity index (χ3n) is 3.50. The highest BCUT2D eigenvalue weighted by Gasteiger charge is 2.23. The molecular formula is C15H22N4O3. The number of hydrogen-bond donors (Lipinski definition) is 2. The number of carbonyl (C=O) groups is 2. The molecule has 2 N–H and O–H groups in total. The lowest BCUT2D eigenvalue weighted by Gasteiger charge is -2.34. The molecular weight excluding hydrogens is 284 g/mol. The summed E-state index contributed by atoms with van der Waals surface area (Å²) in [5.74, 6) is -0.137. The van der Waals surface area contributed by atoms with Crippen molar-refractivity contribution in [3.05, 3.63) is 34.2 Å². The van der Waals surface area contributed by atoms with E-state index in [9.17, 15) is 14.4 Å². The Morgan fingerprint density at radius 3 is 2.55 bits per heavy atom. The largest absolute Gasteiger partial charge is 0.353 e. The average Bonchev–Trinajstić information content (AvgIpc) is 2.46. The quantitative estimate of drug-likeness (QED) is 0.797. The SMILES string of the molecule is CC(C)NC(=O)CN1CCN(C(=O)c2cc[nH]c(=O)c2)CC1. The van der Waals surface area contributed by atoms with Gasteiger partial charge in [0.25, 0.3) is 5.91 Å². The highest BCUT2D eigenvalue weighted by molar-refractivity contribution is 5.94. The van der Waals surface area contributed by atoms with E-state index in [1.807, 2.05) is 18.7 Å². The summed E-state index contributed by atoms with van der Waals surface area (Å²) in [6, 6.07) is 3.04. The van der Waals surface area contributed by atoms with Crippen LogP contribution in [-0.4, -0.2) is 65.4 Å². The van der Waals surface area contributed by atoms with Gasteiger partial charge in [0, 0.05) is 50.0 Å². The summed E-state index contributed by atoms with van der Waals surface area (Å²) in [6.45, 7) is 6.62. The number of nitrogens with one attached hydrogen (secondary N) is 2. The zero-order valence-corrected chi connectivity index (χ0v) is 13.0. The molecule has 1 aliphatic heterocycles. The van der Waals surface area contributed by atoms with E-state index in [4.69, 9.17) is 0 Å². The Bertz CT molecular complexity index is 588. The van der Waals surface area contributed by atoms with E-state index in [1.165, 1.54) is 12.3 Å². The molecule has 7 heteroatoms. The third-order valence-corrected chi connectivity index (χ3v) is 3.50. The molecule has 0 atom stereocenters. The van der Waals surface area contributed by atoms with Gasteiger partial charge < -0.3 is 15.2 Å². The van der Waals surface area contributed by atoms with Gasteiger partial charge in [-0.05, 0) is 19.9 Å². The Labute approximate surface area is 129 Å². The van der Waals surface area contributed by atoms with Crippen LogP contribution in [-0.2, 0) is 4.79 Å². The van der Waals surface area contributed by atoms with Gasteiger partial charge in [-0.2, -0.15) is 0 Å². The average molecular weight is 306 g/mol. The molecule has 120 valence electrons. The minimum absolute atomic E-state index is 0.00405. The normalized spacial score (nSPS) is 15.9. The molecule has 1 aromatic heterocycles. The van der Waals surface area contributed by atoms with Gasteiger partial charge in [0.1, 0.15) is 0 Å². The van der Waals surface area contributed by atoms with Crippen molar-refractivity contribution in [2.45, 2.75) is 19.9 Å². The monoisotopic (exact) mass is 306 g/mol. The first kappa shape index (κ1) is 16.2. The maximum absolute atomic E-state index is 12.3. The van der Waals surface area contributed by atoms with Gasteiger partial charge in [-0.25, -0.2) is 0 Å². The maximum atomic E-state index is 12.3. The smallest absolute Gasteiger partial charge is 0.254 e. The standard InChI is InChI=1S/C15H22N4O3/c1-11(2)17-14(21)10-18-5-7-19(8-6-18)15(22)12-3-4-16-13(20)9-12/h3-4,9,11H,5-8,10H2,1-2H3,(H,16,20)(H,17,21). The number of amides is 2. The second kappa shape index (κ2) is 7.22.